The van der Waals surface area contributed by atoms with Gasteiger partial charge in [0.2, 0.25) is 5.91 Å². The van der Waals surface area contributed by atoms with Crippen LogP contribution in [0.3, 0.4) is 0 Å². The van der Waals surface area contributed by atoms with E-state index in [4.69, 9.17) is 0 Å². The largest absolute Gasteiger partial charge is 0.353 e. The standard InChI is InChI=1S/C18H38N2O/c1-5-6-7-8-9-10-11-12-13-14-18(21)19-17(2)15-16-20(3)4/h17H,5-16H2,1-4H3,(H,19,21)/p+1. The second-order valence-corrected chi connectivity index (χ2v) is 6.79. The van der Waals surface area contributed by atoms with Gasteiger partial charge in [-0.3, -0.25) is 4.79 Å². The van der Waals surface area contributed by atoms with Gasteiger partial charge < -0.3 is 10.2 Å². The maximum Gasteiger partial charge on any atom is 0.220 e. The predicted octanol–water partition coefficient (Wildman–Crippen LogP) is 2.95. The van der Waals surface area contributed by atoms with Crippen LogP contribution in [0.2, 0.25) is 0 Å². The molecular weight excluding hydrogens is 260 g/mol. The summed E-state index contributed by atoms with van der Waals surface area (Å²) in [6.07, 6.45) is 13.5. The molecule has 126 valence electrons. The lowest BCUT2D eigenvalue weighted by molar-refractivity contribution is -0.858. The highest BCUT2D eigenvalue weighted by molar-refractivity contribution is 5.76. The molecule has 0 aliphatic heterocycles. The zero-order valence-electron chi connectivity index (χ0n) is 15.0. The fraction of sp³-hybridized carbons (Fsp3) is 0.944. The highest BCUT2D eigenvalue weighted by atomic mass is 16.1. The third kappa shape index (κ3) is 15.6. The molecule has 0 radical (unpaired) electrons. The van der Waals surface area contributed by atoms with Gasteiger partial charge in [0, 0.05) is 18.9 Å². The van der Waals surface area contributed by atoms with E-state index in [1.54, 1.807) is 0 Å². The summed E-state index contributed by atoms with van der Waals surface area (Å²) in [5.74, 6) is 0.235. The molecule has 0 saturated heterocycles. The van der Waals surface area contributed by atoms with Crippen molar-refractivity contribution in [3.05, 3.63) is 0 Å². The summed E-state index contributed by atoms with van der Waals surface area (Å²) in [4.78, 5) is 13.2. The molecule has 3 heteroatoms. The molecule has 0 rings (SSSR count). The van der Waals surface area contributed by atoms with E-state index in [2.05, 4.69) is 33.3 Å². The minimum absolute atomic E-state index is 0.235. The lowest BCUT2D eigenvalue weighted by Crippen LogP contribution is -3.05. The topological polar surface area (TPSA) is 33.5 Å². The van der Waals surface area contributed by atoms with Gasteiger partial charge >= 0.3 is 0 Å². The number of quaternary nitrogens is 1. The molecular formula is C18H39N2O+. The molecule has 0 aromatic rings. The zero-order chi connectivity index (χ0) is 15.9. The molecule has 0 spiro atoms. The normalized spacial score (nSPS) is 12.6. The summed E-state index contributed by atoms with van der Waals surface area (Å²) in [6, 6.07) is 0.311. The molecule has 0 aliphatic rings. The first-order valence-electron chi connectivity index (χ1n) is 9.14. The zero-order valence-corrected chi connectivity index (χ0v) is 15.0. The average Bonchev–Trinajstić information content (AvgIpc) is 2.43. The molecule has 3 nitrogen and oxygen atoms in total. The molecule has 21 heavy (non-hydrogen) atoms. The maximum atomic E-state index is 11.8. The van der Waals surface area contributed by atoms with Crippen LogP contribution in [-0.2, 0) is 4.79 Å². The monoisotopic (exact) mass is 299 g/mol. The van der Waals surface area contributed by atoms with Crippen LogP contribution in [0.1, 0.15) is 84.5 Å². The van der Waals surface area contributed by atoms with E-state index >= 15 is 0 Å². The molecule has 0 saturated carbocycles. The Morgan fingerprint density at radius 2 is 1.48 bits per heavy atom. The van der Waals surface area contributed by atoms with Crippen molar-refractivity contribution in [1.29, 1.82) is 0 Å². The van der Waals surface area contributed by atoms with E-state index in [1.807, 2.05) is 0 Å². The molecule has 0 aromatic carbocycles. The molecule has 1 amide bonds. The SMILES string of the molecule is CCCCCCCCCCCC(=O)NC(C)CC[NH+](C)C. The van der Waals surface area contributed by atoms with Gasteiger partial charge in [-0.25, -0.2) is 0 Å². The van der Waals surface area contributed by atoms with Crippen LogP contribution >= 0.6 is 0 Å². The minimum atomic E-state index is 0.235. The first-order valence-corrected chi connectivity index (χ1v) is 9.14. The first-order chi connectivity index (χ1) is 10.1. The van der Waals surface area contributed by atoms with E-state index in [1.165, 1.54) is 56.3 Å². The number of hydrogen-bond donors (Lipinski definition) is 2. The van der Waals surface area contributed by atoms with Crippen molar-refractivity contribution in [2.24, 2.45) is 0 Å². The van der Waals surface area contributed by atoms with Gasteiger partial charge in [0.05, 0.1) is 20.6 Å². The quantitative estimate of drug-likeness (QED) is 0.475. The predicted molar refractivity (Wildman–Crippen MR) is 91.7 cm³/mol. The van der Waals surface area contributed by atoms with Gasteiger partial charge in [0.15, 0.2) is 0 Å². The number of carbonyl (C=O) groups is 1. The molecule has 1 unspecified atom stereocenters. The van der Waals surface area contributed by atoms with E-state index in [-0.39, 0.29) is 5.91 Å². The van der Waals surface area contributed by atoms with Crippen molar-refractivity contribution in [2.45, 2.75) is 90.5 Å². The Morgan fingerprint density at radius 1 is 0.952 bits per heavy atom. The lowest BCUT2D eigenvalue weighted by atomic mass is 10.1. The Hall–Kier alpha value is -0.570. The van der Waals surface area contributed by atoms with E-state index in [0.717, 1.165) is 19.4 Å². The third-order valence-corrected chi connectivity index (χ3v) is 3.99. The van der Waals surface area contributed by atoms with Crippen LogP contribution < -0.4 is 10.2 Å². The summed E-state index contributed by atoms with van der Waals surface area (Å²) in [7, 11) is 4.30. The molecule has 0 fully saturated rings. The van der Waals surface area contributed by atoms with Gasteiger partial charge in [-0.15, -0.1) is 0 Å². The van der Waals surface area contributed by atoms with Crippen LogP contribution in [0.4, 0.5) is 0 Å². The van der Waals surface area contributed by atoms with Gasteiger partial charge in [0.25, 0.3) is 0 Å². The van der Waals surface area contributed by atoms with Gasteiger partial charge in [-0.1, -0.05) is 58.3 Å². The maximum absolute atomic E-state index is 11.8. The second kappa shape index (κ2) is 14.4. The minimum Gasteiger partial charge on any atom is -0.353 e. The smallest absolute Gasteiger partial charge is 0.220 e. The molecule has 0 heterocycles. The lowest BCUT2D eigenvalue weighted by Gasteiger charge is -2.15. The van der Waals surface area contributed by atoms with Crippen molar-refractivity contribution in [3.63, 3.8) is 0 Å². The number of amides is 1. The van der Waals surface area contributed by atoms with Gasteiger partial charge in [-0.05, 0) is 13.3 Å². The number of rotatable bonds is 14. The van der Waals surface area contributed by atoms with Gasteiger partial charge in [0.1, 0.15) is 0 Å². The summed E-state index contributed by atoms with van der Waals surface area (Å²) in [6.45, 7) is 5.48. The summed E-state index contributed by atoms with van der Waals surface area (Å²) < 4.78 is 0. The fourth-order valence-electron chi connectivity index (χ4n) is 2.52. The van der Waals surface area contributed by atoms with Crippen LogP contribution in [0, 0.1) is 0 Å². The molecule has 0 aromatic heterocycles. The number of carbonyl (C=O) groups excluding carboxylic acids is 1. The first kappa shape index (κ1) is 20.4. The summed E-state index contributed by atoms with van der Waals surface area (Å²) in [5, 5.41) is 3.11. The van der Waals surface area contributed by atoms with Crippen LogP contribution in [0.5, 0.6) is 0 Å². The molecule has 1 atom stereocenters. The van der Waals surface area contributed by atoms with Crippen LogP contribution in [0.15, 0.2) is 0 Å². The number of unbranched alkanes of at least 4 members (excludes halogenated alkanes) is 8. The molecule has 0 bridgehead atoms. The van der Waals surface area contributed by atoms with Crippen LogP contribution in [-0.4, -0.2) is 32.6 Å². The Labute approximate surface area is 132 Å². The highest BCUT2D eigenvalue weighted by Crippen LogP contribution is 2.10. The van der Waals surface area contributed by atoms with E-state index in [9.17, 15) is 4.79 Å². The summed E-state index contributed by atoms with van der Waals surface area (Å²) >= 11 is 0. The average molecular weight is 300 g/mol. The Morgan fingerprint density at radius 3 is 2.00 bits per heavy atom. The Balaban J connectivity index is 3.33. The molecule has 2 N–H and O–H groups in total. The van der Waals surface area contributed by atoms with Crippen LogP contribution in [0.25, 0.3) is 0 Å². The van der Waals surface area contributed by atoms with Crippen molar-refractivity contribution in [3.8, 4) is 0 Å². The summed E-state index contributed by atoms with van der Waals surface area (Å²) in [5.41, 5.74) is 0. The van der Waals surface area contributed by atoms with Gasteiger partial charge in [-0.2, -0.15) is 0 Å². The van der Waals surface area contributed by atoms with Crippen molar-refractivity contribution in [1.82, 2.24) is 5.32 Å². The second-order valence-electron chi connectivity index (χ2n) is 6.79. The highest BCUT2D eigenvalue weighted by Gasteiger charge is 2.08. The Bertz CT molecular complexity index is 241. The molecule has 0 aliphatic carbocycles. The van der Waals surface area contributed by atoms with E-state index in [0.29, 0.717) is 12.5 Å². The van der Waals surface area contributed by atoms with E-state index < -0.39 is 0 Å². The number of nitrogens with one attached hydrogen (secondary N) is 2. The van der Waals surface area contributed by atoms with Crippen molar-refractivity contribution >= 4 is 5.91 Å². The van der Waals surface area contributed by atoms with Crippen molar-refractivity contribution < 1.29 is 9.69 Å². The fourth-order valence-corrected chi connectivity index (χ4v) is 2.52. The Kier molecular flexibility index (Phi) is 14.0. The third-order valence-electron chi connectivity index (χ3n) is 3.99. The number of hydrogen-bond acceptors (Lipinski definition) is 1. The van der Waals surface area contributed by atoms with Crippen molar-refractivity contribution in [2.75, 3.05) is 20.6 Å².